The van der Waals surface area contributed by atoms with Crippen LogP contribution in [0.25, 0.3) is 0 Å². The van der Waals surface area contributed by atoms with Crippen molar-refractivity contribution in [2.45, 2.75) is 26.8 Å². The molecule has 7 heteroatoms. The van der Waals surface area contributed by atoms with Crippen molar-refractivity contribution in [3.8, 4) is 0 Å². The Hall–Kier alpha value is -1.05. The fraction of sp³-hybridized carbons (Fsp3) is 0.600. The van der Waals surface area contributed by atoms with Crippen LogP contribution in [0.2, 0.25) is 0 Å². The van der Waals surface area contributed by atoms with Crippen molar-refractivity contribution in [2.75, 3.05) is 20.1 Å². The number of piperidine rings is 1. The van der Waals surface area contributed by atoms with Crippen molar-refractivity contribution in [1.82, 2.24) is 8.61 Å². The molecule has 2 unspecified atom stereocenters. The van der Waals surface area contributed by atoms with Gasteiger partial charge in [0.05, 0.1) is 0 Å². The van der Waals surface area contributed by atoms with Crippen LogP contribution in [0.15, 0.2) is 18.2 Å². The quantitative estimate of drug-likeness (QED) is 0.850. The topological polar surface area (TPSA) is 40.6 Å². The average molecular weight is 332 g/mol. The molecule has 0 spiro atoms. The normalized spacial score (nSPS) is 23.9. The minimum Gasteiger partial charge on any atom is -0.207 e. The summed E-state index contributed by atoms with van der Waals surface area (Å²) in [4.78, 5) is 0. The fourth-order valence-electron chi connectivity index (χ4n) is 2.96. The first kappa shape index (κ1) is 17.3. The van der Waals surface area contributed by atoms with Gasteiger partial charge in [0.15, 0.2) is 0 Å². The summed E-state index contributed by atoms with van der Waals surface area (Å²) < 4.78 is 54.4. The van der Waals surface area contributed by atoms with Gasteiger partial charge in [0.1, 0.15) is 11.6 Å². The van der Waals surface area contributed by atoms with E-state index in [2.05, 4.69) is 0 Å². The molecule has 22 heavy (non-hydrogen) atoms. The van der Waals surface area contributed by atoms with Gasteiger partial charge in [-0.1, -0.05) is 19.9 Å². The molecule has 1 saturated heterocycles. The first-order valence-electron chi connectivity index (χ1n) is 7.35. The first-order chi connectivity index (χ1) is 10.2. The van der Waals surface area contributed by atoms with Gasteiger partial charge in [0, 0.05) is 38.3 Å². The number of hydrogen-bond acceptors (Lipinski definition) is 2. The zero-order valence-corrected chi connectivity index (χ0v) is 13.9. The van der Waals surface area contributed by atoms with Gasteiger partial charge >= 0.3 is 0 Å². The van der Waals surface area contributed by atoms with Crippen LogP contribution >= 0.6 is 0 Å². The highest BCUT2D eigenvalue weighted by atomic mass is 32.2. The van der Waals surface area contributed by atoms with Crippen molar-refractivity contribution in [1.29, 1.82) is 0 Å². The lowest BCUT2D eigenvalue weighted by molar-refractivity contribution is 0.211. The summed E-state index contributed by atoms with van der Waals surface area (Å²) in [7, 11) is -2.23. The van der Waals surface area contributed by atoms with E-state index in [0.29, 0.717) is 24.9 Å². The molecule has 1 fully saturated rings. The van der Waals surface area contributed by atoms with Gasteiger partial charge in [-0.15, -0.1) is 0 Å². The van der Waals surface area contributed by atoms with Crippen LogP contribution < -0.4 is 0 Å². The molecule has 0 bridgehead atoms. The summed E-state index contributed by atoms with van der Waals surface area (Å²) in [6.07, 6.45) is 1.00. The Labute approximate surface area is 130 Å². The lowest BCUT2D eigenvalue weighted by atomic mass is 9.94. The Morgan fingerprint density at radius 1 is 1.23 bits per heavy atom. The molecule has 2 atom stereocenters. The number of hydrogen-bond donors (Lipinski definition) is 0. The SMILES string of the molecule is CC1CC(C)CN(S(=O)(=O)N(C)Cc2ccc(F)cc2F)C1. The van der Waals surface area contributed by atoms with Crippen LogP contribution in [0.3, 0.4) is 0 Å². The van der Waals surface area contributed by atoms with Crippen molar-refractivity contribution in [3.63, 3.8) is 0 Å². The van der Waals surface area contributed by atoms with Gasteiger partial charge in [-0.05, 0) is 24.3 Å². The third-order valence-corrected chi connectivity index (χ3v) is 5.83. The Balaban J connectivity index is 2.14. The molecule has 0 aromatic heterocycles. The molecule has 1 aromatic carbocycles. The maximum atomic E-state index is 13.7. The standard InChI is InChI=1S/C15H22F2N2O2S/c1-11-6-12(2)9-19(8-11)22(20,21)18(3)10-13-4-5-14(16)7-15(13)17/h4-5,7,11-12H,6,8-10H2,1-3H3. The van der Waals surface area contributed by atoms with Crippen LogP contribution in [0.4, 0.5) is 8.78 Å². The molecular weight excluding hydrogens is 310 g/mol. The van der Waals surface area contributed by atoms with Crippen LogP contribution in [0, 0.1) is 23.5 Å². The molecule has 0 saturated carbocycles. The van der Waals surface area contributed by atoms with E-state index in [9.17, 15) is 17.2 Å². The van der Waals surface area contributed by atoms with Crippen molar-refractivity contribution >= 4 is 10.2 Å². The van der Waals surface area contributed by atoms with E-state index in [1.807, 2.05) is 13.8 Å². The second-order valence-electron chi connectivity index (χ2n) is 6.26. The lowest BCUT2D eigenvalue weighted by Gasteiger charge is -2.36. The summed E-state index contributed by atoms with van der Waals surface area (Å²) >= 11 is 0. The van der Waals surface area contributed by atoms with Gasteiger partial charge in [-0.2, -0.15) is 17.0 Å². The van der Waals surface area contributed by atoms with E-state index < -0.39 is 21.8 Å². The highest BCUT2D eigenvalue weighted by molar-refractivity contribution is 7.86. The van der Waals surface area contributed by atoms with Crippen LogP contribution in [-0.2, 0) is 16.8 Å². The first-order valence-corrected chi connectivity index (χ1v) is 8.75. The van der Waals surface area contributed by atoms with Crippen molar-refractivity contribution in [2.24, 2.45) is 11.8 Å². The molecule has 0 aliphatic carbocycles. The smallest absolute Gasteiger partial charge is 0.207 e. The molecule has 2 rings (SSSR count). The molecule has 1 aliphatic heterocycles. The number of benzene rings is 1. The zero-order chi connectivity index (χ0) is 16.5. The molecule has 124 valence electrons. The summed E-state index contributed by atoms with van der Waals surface area (Å²) in [5.74, 6) is -0.808. The second-order valence-corrected chi connectivity index (χ2v) is 8.30. The molecule has 0 amide bonds. The maximum Gasteiger partial charge on any atom is 0.282 e. The van der Waals surface area contributed by atoms with E-state index in [4.69, 9.17) is 0 Å². The molecule has 1 aliphatic rings. The van der Waals surface area contributed by atoms with Gasteiger partial charge in [-0.3, -0.25) is 0 Å². The maximum absolute atomic E-state index is 13.7. The number of nitrogens with zero attached hydrogens (tertiary/aromatic N) is 2. The number of rotatable bonds is 4. The van der Waals surface area contributed by atoms with Crippen LogP contribution in [0.5, 0.6) is 0 Å². The summed E-state index contributed by atoms with van der Waals surface area (Å²) in [5.41, 5.74) is 0.158. The highest BCUT2D eigenvalue weighted by Gasteiger charge is 2.33. The second kappa shape index (κ2) is 6.60. The largest absolute Gasteiger partial charge is 0.282 e. The minimum absolute atomic E-state index is 0.117. The molecule has 1 aromatic rings. The Kier molecular flexibility index (Phi) is 5.19. The summed E-state index contributed by atoms with van der Waals surface area (Å²) in [5, 5.41) is 0. The van der Waals surface area contributed by atoms with Gasteiger partial charge in [0.25, 0.3) is 10.2 Å². The molecule has 0 N–H and O–H groups in total. The van der Waals surface area contributed by atoms with E-state index in [1.165, 1.54) is 17.4 Å². The van der Waals surface area contributed by atoms with Gasteiger partial charge < -0.3 is 0 Å². The van der Waals surface area contributed by atoms with Gasteiger partial charge in [0.2, 0.25) is 0 Å². The van der Waals surface area contributed by atoms with Crippen LogP contribution in [0.1, 0.15) is 25.8 Å². The lowest BCUT2D eigenvalue weighted by Crippen LogP contribution is -2.48. The van der Waals surface area contributed by atoms with E-state index in [-0.39, 0.29) is 12.1 Å². The Morgan fingerprint density at radius 3 is 2.36 bits per heavy atom. The summed E-state index contributed by atoms with van der Waals surface area (Å²) in [6.45, 7) is 4.88. The Bertz CT molecular complexity index is 626. The number of halogens is 2. The zero-order valence-electron chi connectivity index (χ0n) is 13.1. The minimum atomic E-state index is -3.65. The third kappa shape index (κ3) is 3.83. The molecule has 4 nitrogen and oxygen atoms in total. The van der Waals surface area contributed by atoms with Crippen molar-refractivity contribution in [3.05, 3.63) is 35.4 Å². The van der Waals surface area contributed by atoms with Crippen LogP contribution in [-0.4, -0.2) is 37.2 Å². The third-order valence-electron chi connectivity index (χ3n) is 3.96. The van der Waals surface area contributed by atoms with E-state index >= 15 is 0 Å². The molecule has 1 heterocycles. The fourth-order valence-corrected chi connectivity index (χ4v) is 4.54. The monoisotopic (exact) mass is 332 g/mol. The predicted octanol–water partition coefficient (Wildman–Crippen LogP) is 2.62. The summed E-state index contributed by atoms with van der Waals surface area (Å²) in [6, 6.07) is 3.17. The van der Waals surface area contributed by atoms with Gasteiger partial charge in [-0.25, -0.2) is 8.78 Å². The predicted molar refractivity (Wildman–Crippen MR) is 81.3 cm³/mol. The highest BCUT2D eigenvalue weighted by Crippen LogP contribution is 2.25. The molecular formula is C15H22F2N2O2S. The van der Waals surface area contributed by atoms with Crippen molar-refractivity contribution < 1.29 is 17.2 Å². The van der Waals surface area contributed by atoms with E-state index in [0.717, 1.165) is 22.9 Å². The molecule has 0 radical (unpaired) electrons. The average Bonchev–Trinajstić information content (AvgIpc) is 2.40. The Morgan fingerprint density at radius 2 is 1.82 bits per heavy atom. The van der Waals surface area contributed by atoms with E-state index in [1.54, 1.807) is 0 Å².